The van der Waals surface area contributed by atoms with Gasteiger partial charge in [-0.2, -0.15) is 0 Å². The highest BCUT2D eigenvalue weighted by atomic mass is 28.6. The molecule has 4 aliphatic rings. The first-order chi connectivity index (χ1) is 52.7. The lowest BCUT2D eigenvalue weighted by atomic mass is 10.0. The molecule has 0 aliphatic carbocycles. The minimum atomic E-state index is -3.75. The number of hydrogen-bond donors (Lipinski definition) is 6. The highest BCUT2D eigenvalue weighted by Gasteiger charge is 2.76. The van der Waals surface area contributed by atoms with Crippen LogP contribution in [0.3, 0.4) is 0 Å². The smallest absolute Gasteiger partial charge is 0.415 e. The Morgan fingerprint density at radius 1 is 0.277 bits per heavy atom. The van der Waals surface area contributed by atoms with Gasteiger partial charge in [-0.05, 0) is 186 Å². The number of hydrogen-bond acceptors (Lipinski definition) is 19. The first-order valence-corrected chi connectivity index (χ1v) is 68.4. The fourth-order valence-corrected chi connectivity index (χ4v) is 50.2. The maximum absolute atomic E-state index is 9.76. The Bertz CT molecular complexity index is 2000. The summed E-state index contributed by atoms with van der Waals surface area (Å²) in [7, 11) is -9.81. The predicted molar refractivity (Wildman–Crippen MR) is 496 cm³/mol. The lowest BCUT2D eigenvalue weighted by Gasteiger charge is -2.66. The zero-order chi connectivity index (χ0) is 87.0. The topological polar surface area (TPSA) is 241 Å². The average Bonchev–Trinajstić information content (AvgIpc) is 0.686. The molecule has 0 aromatic carbocycles. The van der Waals surface area contributed by atoms with Gasteiger partial charge in [-0.3, -0.25) is 0 Å². The van der Waals surface area contributed by atoms with Gasteiger partial charge in [-0.1, -0.05) is 267 Å². The minimum absolute atomic E-state index is 0.180. The molecule has 4 heterocycles. The predicted octanol–water partition coefficient (Wildman–Crippen LogP) is 23.9. The Labute approximate surface area is 706 Å². The molecule has 4 aliphatic heterocycles. The van der Waals surface area contributed by atoms with Gasteiger partial charge in [0.1, 0.15) is 0 Å². The van der Waals surface area contributed by atoms with Crippen LogP contribution in [0.25, 0.3) is 0 Å². The first-order valence-electron chi connectivity index (χ1n) is 45.9. The molecule has 4 saturated heterocycles. The van der Waals surface area contributed by atoms with Gasteiger partial charge in [0.25, 0.3) is 0 Å². The first kappa shape index (κ1) is 120. The van der Waals surface area contributed by atoms with Gasteiger partial charge in [0.15, 0.2) is 0 Å². The van der Waals surface area contributed by atoms with Crippen molar-refractivity contribution >= 4 is 86.6 Å². The highest BCUT2D eigenvalue weighted by molar-refractivity contribution is 7.11. The van der Waals surface area contributed by atoms with E-state index in [1.807, 2.05) is 14.2 Å². The van der Waals surface area contributed by atoms with E-state index in [1.165, 1.54) is 174 Å². The van der Waals surface area contributed by atoms with Crippen LogP contribution < -0.4 is 0 Å². The Morgan fingerprint density at radius 2 is 0.509 bits per heavy atom. The van der Waals surface area contributed by atoms with Gasteiger partial charge in [-0.15, -0.1) is 0 Å². The Hall–Kier alpha value is 1.41. The molecule has 0 amide bonds. The van der Waals surface area contributed by atoms with Crippen LogP contribution in [0.5, 0.6) is 0 Å². The maximum atomic E-state index is 9.76. The summed E-state index contributed by atoms with van der Waals surface area (Å²) in [5.74, 6) is 7.65. The molecule has 2 bridgehead atoms. The normalized spacial score (nSPS) is 20.0. The summed E-state index contributed by atoms with van der Waals surface area (Å²) in [5, 5.41) is 0. The van der Waals surface area contributed by atoms with E-state index in [1.54, 1.807) is 21.3 Å². The van der Waals surface area contributed by atoms with E-state index in [-0.39, 0.29) is 6.04 Å². The van der Waals surface area contributed by atoms with Crippen LogP contribution in [-0.4, -0.2) is 172 Å². The van der Waals surface area contributed by atoms with Gasteiger partial charge >= 0.3 is 86.6 Å². The van der Waals surface area contributed by atoms with Crippen molar-refractivity contribution in [3.8, 4) is 0 Å². The Morgan fingerprint density at radius 3 is 0.750 bits per heavy atom. The zero-order valence-electron chi connectivity index (χ0n) is 79.8. The van der Waals surface area contributed by atoms with E-state index in [0.29, 0.717) is 29.8 Å². The molecular formula is C83H194O19Si10. The summed E-state index contributed by atoms with van der Waals surface area (Å²) in [4.78, 5) is 54.4. The second-order valence-corrected chi connectivity index (χ2v) is 66.1. The fraction of sp³-hybridized carbons (Fsp3) is 1.00. The second-order valence-electron chi connectivity index (χ2n) is 33.8. The van der Waals surface area contributed by atoms with E-state index in [2.05, 4.69) is 169 Å². The lowest BCUT2D eigenvalue weighted by molar-refractivity contribution is 0.0990. The van der Waals surface area contributed by atoms with Crippen LogP contribution >= 0.6 is 0 Å². The largest absolute Gasteiger partial charge is 0.497 e. The van der Waals surface area contributed by atoms with Crippen LogP contribution in [-0.2, 0) is 56.0 Å². The van der Waals surface area contributed by atoms with Gasteiger partial charge in [0, 0.05) is 86.7 Å². The average molecular weight is 1780 g/mol. The van der Waals surface area contributed by atoms with Crippen molar-refractivity contribution < 1.29 is 84.8 Å². The molecule has 2 unspecified atom stereocenters. The van der Waals surface area contributed by atoms with Crippen molar-refractivity contribution in [2.75, 3.05) is 56.9 Å². The molecule has 0 aromatic heterocycles. The van der Waals surface area contributed by atoms with E-state index >= 15 is 0 Å². The van der Waals surface area contributed by atoms with Crippen molar-refractivity contribution in [3.63, 3.8) is 0 Å². The molecule has 0 aromatic rings. The monoisotopic (exact) mass is 1780 g/mol. The molecule has 29 heteroatoms. The standard InChI is InChI=1S/C18H42O3Si2.C16H36O3Si2.C15H32O2Si2.C10H24O2Si.C9H22O3Si.C8H20O3Si.C7H18O3Si/c1-9-17(10-2)13-15-22(7,19-5)21-23(8,20-6)16-14-18(11-3)12-4;1-7-15(8-2)11-13-20(6)18-21(17-5,19-20)14-12-16(9-3)10-4;1-5-14(6-2)9-11-18-13-19(16-18,17-18)12-10-15(7-3)8-4;1-6-10(7-2)8-9-13(5,11-3)12-4;1-5-9(6-2)7-8-13(10,11-3)12-4;1-4-8(5-2)6-7-12(9,10)11-3;1-3-7(4-2)5-6-11(8,9)10/h17-18H,9-16H2,1-8H3;15-16H,7-14H2,1-6H3;14-15H,5-13H2,1-4H3;10H,6-9H2,1-5H3;9-10H,5-8H2,1-4H3;8-10H,4-7H2,1-3H3;7-10H,3-6H2,1-2H3. The number of rotatable bonds is 60. The van der Waals surface area contributed by atoms with Gasteiger partial charge in [0.05, 0.1) is 0 Å². The summed E-state index contributed by atoms with van der Waals surface area (Å²) >= 11 is 0. The Balaban J connectivity index is -0.000000618. The molecular weight excluding hydrogens is 1580 g/mol. The van der Waals surface area contributed by atoms with Crippen molar-refractivity contribution in [2.45, 2.75) is 423 Å². The third-order valence-corrected chi connectivity index (χ3v) is 62.7. The summed E-state index contributed by atoms with van der Waals surface area (Å²) in [6.45, 7) is 53.5. The zero-order valence-corrected chi connectivity index (χ0v) is 89.8. The van der Waals surface area contributed by atoms with Crippen LogP contribution in [0.2, 0.25) is 92.3 Å². The quantitative estimate of drug-likeness (QED) is 0.0310. The molecule has 0 spiro atoms. The molecule has 6 N–H and O–H groups in total. The SMILES string of the molecule is CCC(CC)CC[Si](C)(OC)OC.CCC(CC)CC[Si](C)(OC)O[Si](C)(CCC(CC)CC)OC.CCC(CC)CC[Si](O)(O)O.CCC(CC)CC[Si](O)(O)OC.CCC(CC)CC[Si](O)(OC)OC.CCC(CC)CC[Si]1(C)O[Si](CCC(CC)CC)(OC)O1.CCC(CC)CC[Si]12C[Si](CCC(CC)CC)(O1)O2. The summed E-state index contributed by atoms with van der Waals surface area (Å²) < 4.78 is 75.1. The molecule has 0 saturated carbocycles. The van der Waals surface area contributed by atoms with Crippen LogP contribution in [0, 0.1) is 59.2 Å². The lowest BCUT2D eigenvalue weighted by Crippen LogP contribution is -2.85. The van der Waals surface area contributed by atoms with Crippen LogP contribution in [0.15, 0.2) is 0 Å². The molecule has 2 atom stereocenters. The highest BCUT2D eigenvalue weighted by Crippen LogP contribution is 2.57. The molecule has 680 valence electrons. The molecule has 0 radical (unpaired) electrons. The third kappa shape index (κ3) is 52.1. The van der Waals surface area contributed by atoms with Crippen LogP contribution in [0.1, 0.15) is 331 Å². The van der Waals surface area contributed by atoms with E-state index in [0.717, 1.165) is 129 Å². The molecule has 19 nitrogen and oxygen atoms in total. The molecule has 112 heavy (non-hydrogen) atoms. The molecule has 4 rings (SSSR count). The van der Waals surface area contributed by atoms with E-state index < -0.39 is 86.6 Å². The summed E-state index contributed by atoms with van der Waals surface area (Å²) in [5.41, 5.74) is 1.43. The van der Waals surface area contributed by atoms with Gasteiger partial charge in [0.2, 0.25) is 0 Å². The van der Waals surface area contributed by atoms with Gasteiger partial charge in [-0.25, -0.2) is 0 Å². The fourth-order valence-electron chi connectivity index (χ4n) is 15.3. The van der Waals surface area contributed by atoms with Crippen molar-refractivity contribution in [3.05, 3.63) is 0 Å². The Kier molecular flexibility index (Phi) is 70.5. The van der Waals surface area contributed by atoms with Crippen molar-refractivity contribution in [1.29, 1.82) is 0 Å². The minimum Gasteiger partial charge on any atom is -0.415 e. The van der Waals surface area contributed by atoms with Gasteiger partial charge < -0.3 is 84.8 Å². The summed E-state index contributed by atoms with van der Waals surface area (Å²) in [6, 6.07) is 9.23. The maximum Gasteiger partial charge on any atom is 0.497 e. The second kappa shape index (κ2) is 66.0. The third-order valence-electron chi connectivity index (χ3n) is 26.4. The van der Waals surface area contributed by atoms with E-state index in [9.17, 15) is 14.4 Å². The molecule has 4 fully saturated rings. The van der Waals surface area contributed by atoms with Crippen molar-refractivity contribution in [1.82, 2.24) is 0 Å². The van der Waals surface area contributed by atoms with Crippen LogP contribution in [0.4, 0.5) is 0 Å². The van der Waals surface area contributed by atoms with Crippen molar-refractivity contribution in [2.24, 2.45) is 59.2 Å². The van der Waals surface area contributed by atoms with E-state index in [4.69, 9.17) is 65.9 Å². The summed E-state index contributed by atoms with van der Waals surface area (Å²) in [6.07, 6.45) is 35.8.